The van der Waals surface area contributed by atoms with Gasteiger partial charge in [-0.15, -0.1) is 24.8 Å². The Morgan fingerprint density at radius 3 is 2.42 bits per heavy atom. The average molecular weight is 380 g/mol. The molecule has 1 unspecified atom stereocenters. The highest BCUT2D eigenvalue weighted by atomic mass is 35.5. The van der Waals surface area contributed by atoms with E-state index in [0.29, 0.717) is 13.0 Å². The minimum absolute atomic E-state index is 0. The Morgan fingerprint density at radius 1 is 1.25 bits per heavy atom. The molecule has 6 nitrogen and oxygen atoms in total. The van der Waals surface area contributed by atoms with Gasteiger partial charge in [-0.2, -0.15) is 0 Å². The van der Waals surface area contributed by atoms with Crippen LogP contribution in [-0.2, 0) is 4.79 Å². The molecule has 1 aromatic carbocycles. The molecule has 0 aliphatic carbocycles. The van der Waals surface area contributed by atoms with Crippen LogP contribution in [-0.4, -0.2) is 45.8 Å². The normalized spacial score (nSPS) is 16.0. The van der Waals surface area contributed by atoms with Crippen LogP contribution in [0.3, 0.4) is 0 Å². The third kappa shape index (κ3) is 6.26. The van der Waals surface area contributed by atoms with E-state index < -0.39 is 0 Å². The van der Waals surface area contributed by atoms with Gasteiger partial charge in [-0.1, -0.05) is 0 Å². The van der Waals surface area contributed by atoms with E-state index in [1.54, 1.807) is 14.2 Å². The summed E-state index contributed by atoms with van der Waals surface area (Å²) in [5.41, 5.74) is 6.48. The molecule has 1 amide bonds. The van der Waals surface area contributed by atoms with Gasteiger partial charge in [0.1, 0.15) is 11.5 Å². The highest BCUT2D eigenvalue weighted by Gasteiger charge is 2.24. The first-order chi connectivity index (χ1) is 10.7. The molecule has 1 atom stereocenters. The van der Waals surface area contributed by atoms with Crippen molar-refractivity contribution in [3.05, 3.63) is 18.2 Å². The fraction of sp³-hybridized carbons (Fsp3) is 0.562. The van der Waals surface area contributed by atoms with Crippen LogP contribution in [0.25, 0.3) is 0 Å². The van der Waals surface area contributed by atoms with E-state index in [4.69, 9.17) is 15.2 Å². The van der Waals surface area contributed by atoms with E-state index in [0.717, 1.165) is 43.1 Å². The maximum atomic E-state index is 11.8. The zero-order chi connectivity index (χ0) is 15.9. The molecule has 2 rings (SSSR count). The molecular formula is C16H27Cl2N3O3. The van der Waals surface area contributed by atoms with Crippen molar-refractivity contribution in [2.45, 2.75) is 25.3 Å². The van der Waals surface area contributed by atoms with E-state index in [2.05, 4.69) is 10.2 Å². The number of methoxy groups -OCH3 is 2. The third-order valence-electron chi connectivity index (χ3n) is 3.86. The summed E-state index contributed by atoms with van der Waals surface area (Å²) in [5.74, 6) is 1.62. The molecule has 1 fully saturated rings. The fourth-order valence-electron chi connectivity index (χ4n) is 2.65. The number of rotatable bonds is 7. The van der Waals surface area contributed by atoms with Crippen molar-refractivity contribution in [1.29, 1.82) is 0 Å². The third-order valence-corrected chi connectivity index (χ3v) is 3.86. The number of halogens is 2. The smallest absolute Gasteiger partial charge is 0.220 e. The van der Waals surface area contributed by atoms with Crippen molar-refractivity contribution in [2.24, 2.45) is 5.73 Å². The molecule has 0 spiro atoms. The van der Waals surface area contributed by atoms with Crippen LogP contribution in [0.2, 0.25) is 0 Å². The van der Waals surface area contributed by atoms with E-state index in [1.165, 1.54) is 0 Å². The lowest BCUT2D eigenvalue weighted by Crippen LogP contribution is -2.37. The lowest BCUT2D eigenvalue weighted by Gasteiger charge is -2.20. The minimum atomic E-state index is 0. The van der Waals surface area contributed by atoms with Crippen LogP contribution >= 0.6 is 24.8 Å². The van der Waals surface area contributed by atoms with Crippen LogP contribution in [0, 0.1) is 0 Å². The Balaban J connectivity index is 0.00000264. The summed E-state index contributed by atoms with van der Waals surface area (Å²) in [7, 11) is 3.28. The van der Waals surface area contributed by atoms with Gasteiger partial charge in [-0.05, 0) is 19.4 Å². The molecule has 1 aliphatic heterocycles. The quantitative estimate of drug-likeness (QED) is 0.757. The van der Waals surface area contributed by atoms with Crippen LogP contribution in [0.15, 0.2) is 18.2 Å². The summed E-state index contributed by atoms with van der Waals surface area (Å²) < 4.78 is 10.6. The number of carbonyl (C=O) groups excluding carboxylic acids is 1. The highest BCUT2D eigenvalue weighted by Crippen LogP contribution is 2.30. The van der Waals surface area contributed by atoms with Crippen LogP contribution in [0.1, 0.15) is 19.3 Å². The summed E-state index contributed by atoms with van der Waals surface area (Å²) in [5, 5.41) is 3.07. The predicted octanol–water partition coefficient (Wildman–Crippen LogP) is 1.98. The Hall–Kier alpha value is -1.37. The average Bonchev–Trinajstić information content (AvgIpc) is 3.00. The summed E-state index contributed by atoms with van der Waals surface area (Å²) in [4.78, 5) is 14.0. The van der Waals surface area contributed by atoms with Gasteiger partial charge in [-0.25, -0.2) is 0 Å². The largest absolute Gasteiger partial charge is 0.497 e. The highest BCUT2D eigenvalue weighted by molar-refractivity contribution is 5.85. The molecule has 0 radical (unpaired) electrons. The SMILES string of the molecule is COc1cc(OC)cc(N2CCC(NC(=O)CCCN)C2)c1.Cl.Cl. The van der Waals surface area contributed by atoms with Gasteiger partial charge in [0.15, 0.2) is 0 Å². The Labute approximate surface area is 155 Å². The number of anilines is 1. The Kier molecular flexibility index (Phi) is 10.6. The van der Waals surface area contributed by atoms with E-state index in [-0.39, 0.29) is 36.8 Å². The molecule has 0 saturated carbocycles. The Bertz CT molecular complexity index is 495. The van der Waals surface area contributed by atoms with Crippen molar-refractivity contribution in [3.8, 4) is 11.5 Å². The molecule has 8 heteroatoms. The van der Waals surface area contributed by atoms with Gasteiger partial charge in [-0.3, -0.25) is 4.79 Å². The van der Waals surface area contributed by atoms with Crippen molar-refractivity contribution < 1.29 is 14.3 Å². The summed E-state index contributed by atoms with van der Waals surface area (Å²) >= 11 is 0. The zero-order valence-electron chi connectivity index (χ0n) is 14.1. The van der Waals surface area contributed by atoms with Gasteiger partial charge >= 0.3 is 0 Å². The Morgan fingerprint density at radius 2 is 1.88 bits per heavy atom. The van der Waals surface area contributed by atoms with Gasteiger partial charge in [0, 0.05) is 49.4 Å². The number of hydrogen-bond donors (Lipinski definition) is 2. The van der Waals surface area contributed by atoms with E-state index >= 15 is 0 Å². The van der Waals surface area contributed by atoms with Crippen molar-refractivity contribution in [2.75, 3.05) is 38.8 Å². The number of nitrogens with two attached hydrogens (primary N) is 1. The van der Waals surface area contributed by atoms with E-state index in [1.807, 2.05) is 18.2 Å². The topological polar surface area (TPSA) is 76.8 Å². The summed E-state index contributed by atoms with van der Waals surface area (Å²) in [6, 6.07) is 6.01. The lowest BCUT2D eigenvalue weighted by atomic mass is 10.2. The molecule has 1 heterocycles. The number of benzene rings is 1. The standard InChI is InChI=1S/C16H25N3O3.2ClH/c1-21-14-8-13(9-15(10-14)22-2)19-7-5-12(11-19)18-16(20)4-3-6-17;;/h8-10,12H,3-7,11,17H2,1-2H3,(H,18,20);2*1H. The number of nitrogens with one attached hydrogen (secondary N) is 1. The number of amides is 1. The fourth-order valence-corrected chi connectivity index (χ4v) is 2.65. The van der Waals surface area contributed by atoms with E-state index in [9.17, 15) is 4.79 Å². The lowest BCUT2D eigenvalue weighted by molar-refractivity contribution is -0.121. The minimum Gasteiger partial charge on any atom is -0.497 e. The van der Waals surface area contributed by atoms with Crippen molar-refractivity contribution in [3.63, 3.8) is 0 Å². The monoisotopic (exact) mass is 379 g/mol. The second kappa shape index (κ2) is 11.2. The number of carbonyl (C=O) groups is 1. The van der Waals surface area contributed by atoms with Crippen LogP contribution in [0.4, 0.5) is 5.69 Å². The molecule has 3 N–H and O–H groups in total. The van der Waals surface area contributed by atoms with Crippen molar-refractivity contribution in [1.82, 2.24) is 5.32 Å². The van der Waals surface area contributed by atoms with Gasteiger partial charge < -0.3 is 25.4 Å². The molecule has 1 aromatic rings. The first-order valence-electron chi connectivity index (χ1n) is 7.63. The number of hydrogen-bond acceptors (Lipinski definition) is 5. The summed E-state index contributed by atoms with van der Waals surface area (Å²) in [6.07, 6.45) is 2.17. The second-order valence-corrected chi connectivity index (χ2v) is 5.46. The van der Waals surface area contributed by atoms with Gasteiger partial charge in [0.2, 0.25) is 5.91 Å². The van der Waals surface area contributed by atoms with Gasteiger partial charge in [0.25, 0.3) is 0 Å². The van der Waals surface area contributed by atoms with Crippen LogP contribution < -0.4 is 25.4 Å². The number of ether oxygens (including phenoxy) is 2. The second-order valence-electron chi connectivity index (χ2n) is 5.46. The van der Waals surface area contributed by atoms with Crippen LogP contribution in [0.5, 0.6) is 11.5 Å². The molecule has 1 saturated heterocycles. The number of nitrogens with zero attached hydrogens (tertiary/aromatic N) is 1. The van der Waals surface area contributed by atoms with Gasteiger partial charge in [0.05, 0.1) is 14.2 Å². The molecule has 138 valence electrons. The molecule has 0 aromatic heterocycles. The molecular weight excluding hydrogens is 353 g/mol. The maximum Gasteiger partial charge on any atom is 0.220 e. The summed E-state index contributed by atoms with van der Waals surface area (Å²) in [6.45, 7) is 2.25. The zero-order valence-corrected chi connectivity index (χ0v) is 15.8. The van der Waals surface area contributed by atoms with Crippen molar-refractivity contribution >= 4 is 36.4 Å². The predicted molar refractivity (Wildman–Crippen MR) is 101 cm³/mol. The maximum absolute atomic E-state index is 11.8. The molecule has 1 aliphatic rings. The first kappa shape index (κ1) is 22.6. The first-order valence-corrected chi connectivity index (χ1v) is 7.63. The molecule has 24 heavy (non-hydrogen) atoms. The molecule has 0 bridgehead atoms.